The van der Waals surface area contributed by atoms with E-state index in [2.05, 4.69) is 44.0 Å². The summed E-state index contributed by atoms with van der Waals surface area (Å²) in [6.45, 7) is 6.27. The van der Waals surface area contributed by atoms with Gasteiger partial charge in [0, 0.05) is 5.56 Å². The van der Waals surface area contributed by atoms with Crippen molar-refractivity contribution >= 4 is 0 Å². The van der Waals surface area contributed by atoms with Crippen LogP contribution in [0.4, 0.5) is 0 Å². The molecule has 1 aromatic carbocycles. The van der Waals surface area contributed by atoms with Crippen LogP contribution in [0.3, 0.4) is 0 Å². The largest absolute Gasteiger partial charge is 0.405 e. The van der Waals surface area contributed by atoms with Crippen LogP contribution in [0.1, 0.15) is 19.4 Å². The summed E-state index contributed by atoms with van der Waals surface area (Å²) in [7, 11) is 0. The summed E-state index contributed by atoms with van der Waals surface area (Å²) in [6.07, 6.45) is 0. The first-order valence-electron chi connectivity index (χ1n) is 5.92. The third-order valence-corrected chi connectivity index (χ3v) is 2.43. The standard InChI is InChI=1S/C15H17NO/c1-11(2)16-15-10-12(3)9-14(17-15)13-7-5-4-6-8-13/h4-11H,1-3H3/p+1. The van der Waals surface area contributed by atoms with E-state index >= 15 is 0 Å². The smallest absolute Gasteiger partial charge is 0.366 e. The van der Waals surface area contributed by atoms with E-state index in [-0.39, 0.29) is 0 Å². The van der Waals surface area contributed by atoms with Gasteiger partial charge in [-0.15, -0.1) is 0 Å². The predicted octanol–water partition coefficient (Wildman–Crippen LogP) is 1.64. The molecule has 2 aromatic rings. The molecule has 0 saturated carbocycles. The lowest BCUT2D eigenvalue weighted by Crippen LogP contribution is -2.81. The van der Waals surface area contributed by atoms with Crippen molar-refractivity contribution in [1.82, 2.24) is 0 Å². The van der Waals surface area contributed by atoms with Gasteiger partial charge in [0.2, 0.25) is 0 Å². The minimum Gasteiger partial charge on any atom is -0.405 e. The number of benzene rings is 1. The van der Waals surface area contributed by atoms with Crippen molar-refractivity contribution in [2.24, 2.45) is 0 Å². The Hall–Kier alpha value is -1.83. The molecule has 0 amide bonds. The number of hydrogen-bond acceptors (Lipinski definition) is 1. The molecule has 1 N–H and O–H groups in total. The first kappa shape index (κ1) is 11.6. The minimum atomic E-state index is 0.365. The Kier molecular flexibility index (Phi) is 3.43. The zero-order chi connectivity index (χ0) is 12.3. The van der Waals surface area contributed by atoms with E-state index < -0.39 is 0 Å². The van der Waals surface area contributed by atoms with E-state index in [0.717, 1.165) is 16.9 Å². The van der Waals surface area contributed by atoms with E-state index in [0.29, 0.717) is 6.04 Å². The molecule has 0 fully saturated rings. The molecule has 1 aromatic heterocycles. The van der Waals surface area contributed by atoms with Crippen molar-refractivity contribution in [3.8, 4) is 11.3 Å². The fraction of sp³-hybridized carbons (Fsp3) is 0.267. The molecule has 0 unspecified atom stereocenters. The van der Waals surface area contributed by atoms with Crippen LogP contribution >= 0.6 is 0 Å². The van der Waals surface area contributed by atoms with Gasteiger partial charge in [-0.05, 0) is 32.4 Å². The molecule has 0 atom stereocenters. The van der Waals surface area contributed by atoms with Crippen molar-refractivity contribution in [3.63, 3.8) is 0 Å². The Morgan fingerprint density at radius 2 is 1.76 bits per heavy atom. The van der Waals surface area contributed by atoms with E-state index in [9.17, 15) is 0 Å². The van der Waals surface area contributed by atoms with Crippen molar-refractivity contribution in [1.29, 1.82) is 0 Å². The van der Waals surface area contributed by atoms with E-state index in [1.54, 1.807) is 0 Å². The monoisotopic (exact) mass is 228 g/mol. The van der Waals surface area contributed by atoms with Crippen LogP contribution in [-0.4, -0.2) is 6.04 Å². The summed E-state index contributed by atoms with van der Waals surface area (Å²) >= 11 is 0. The number of nitrogens with one attached hydrogen (secondary N) is 1. The van der Waals surface area contributed by atoms with Crippen LogP contribution in [0.2, 0.25) is 0 Å². The van der Waals surface area contributed by atoms with Crippen LogP contribution < -0.4 is 10.5 Å². The molecule has 1 heterocycles. The van der Waals surface area contributed by atoms with Gasteiger partial charge in [-0.25, -0.2) is 4.99 Å². The Morgan fingerprint density at radius 3 is 2.41 bits per heavy atom. The molecule has 88 valence electrons. The number of aryl methyl sites for hydroxylation is 1. The van der Waals surface area contributed by atoms with Gasteiger partial charge in [-0.3, -0.25) is 0 Å². The molecule has 0 aliphatic carbocycles. The Morgan fingerprint density at radius 1 is 1.06 bits per heavy atom. The average molecular weight is 228 g/mol. The van der Waals surface area contributed by atoms with E-state index in [4.69, 9.17) is 4.42 Å². The zero-order valence-electron chi connectivity index (χ0n) is 10.5. The summed E-state index contributed by atoms with van der Waals surface area (Å²) in [4.78, 5) is 3.29. The third kappa shape index (κ3) is 3.06. The van der Waals surface area contributed by atoms with Crippen LogP contribution in [0.15, 0.2) is 46.9 Å². The van der Waals surface area contributed by atoms with Gasteiger partial charge in [-0.2, -0.15) is 0 Å². The van der Waals surface area contributed by atoms with Crippen LogP contribution in [0, 0.1) is 6.92 Å². The zero-order valence-corrected chi connectivity index (χ0v) is 10.5. The minimum absolute atomic E-state index is 0.365. The maximum atomic E-state index is 5.84. The lowest BCUT2D eigenvalue weighted by molar-refractivity contribution is -0.545. The molecule has 0 aliphatic heterocycles. The molecule has 2 rings (SSSR count). The summed E-state index contributed by atoms with van der Waals surface area (Å²) in [5.74, 6) is 0.897. The van der Waals surface area contributed by atoms with E-state index in [1.807, 2.05) is 24.3 Å². The highest BCUT2D eigenvalue weighted by molar-refractivity contribution is 5.57. The molecule has 2 heteroatoms. The summed E-state index contributed by atoms with van der Waals surface area (Å²) in [6, 6.07) is 14.6. The third-order valence-electron chi connectivity index (χ3n) is 2.43. The maximum Gasteiger partial charge on any atom is 0.366 e. The topological polar surface area (TPSA) is 27.1 Å². The summed E-state index contributed by atoms with van der Waals surface area (Å²) < 4.78 is 5.84. The quantitative estimate of drug-likeness (QED) is 0.831. The van der Waals surface area contributed by atoms with Gasteiger partial charge >= 0.3 is 5.55 Å². The molecule has 0 aliphatic rings. The van der Waals surface area contributed by atoms with Gasteiger partial charge in [0.25, 0.3) is 0 Å². The van der Waals surface area contributed by atoms with Crippen molar-refractivity contribution in [2.45, 2.75) is 26.8 Å². The van der Waals surface area contributed by atoms with E-state index in [1.165, 1.54) is 5.56 Å². The fourth-order valence-electron chi connectivity index (χ4n) is 1.73. The highest BCUT2D eigenvalue weighted by Gasteiger charge is 2.04. The van der Waals surface area contributed by atoms with Gasteiger partial charge in [0.1, 0.15) is 11.8 Å². The van der Waals surface area contributed by atoms with Crippen LogP contribution in [0.5, 0.6) is 0 Å². The fourth-order valence-corrected chi connectivity index (χ4v) is 1.73. The number of hydrogen-bond donors (Lipinski definition) is 1. The second-order valence-corrected chi connectivity index (χ2v) is 4.53. The molecular weight excluding hydrogens is 210 g/mol. The van der Waals surface area contributed by atoms with Crippen molar-refractivity contribution in [3.05, 3.63) is 53.6 Å². The molecule has 17 heavy (non-hydrogen) atoms. The first-order chi connectivity index (χ1) is 8.15. The summed E-state index contributed by atoms with van der Waals surface area (Å²) in [5.41, 5.74) is 3.11. The Balaban J connectivity index is 2.53. The average Bonchev–Trinajstić information content (AvgIpc) is 2.28. The van der Waals surface area contributed by atoms with Crippen molar-refractivity contribution in [2.75, 3.05) is 0 Å². The lowest BCUT2D eigenvalue weighted by atomic mass is 10.1. The van der Waals surface area contributed by atoms with Crippen LogP contribution in [0.25, 0.3) is 11.3 Å². The molecule has 0 radical (unpaired) electrons. The predicted molar refractivity (Wildman–Crippen MR) is 68.1 cm³/mol. The Labute approximate surface area is 102 Å². The molecule has 2 nitrogen and oxygen atoms in total. The summed E-state index contributed by atoms with van der Waals surface area (Å²) in [5, 5.41) is 0. The molecular formula is C15H18NO+. The number of rotatable bonds is 2. The highest BCUT2D eigenvalue weighted by atomic mass is 16.3. The van der Waals surface area contributed by atoms with Gasteiger partial charge in [0.15, 0.2) is 0 Å². The lowest BCUT2D eigenvalue weighted by Gasteiger charge is -2.00. The maximum absolute atomic E-state index is 5.84. The molecule has 0 bridgehead atoms. The molecule has 0 spiro atoms. The van der Waals surface area contributed by atoms with Crippen molar-refractivity contribution < 1.29 is 9.41 Å². The second kappa shape index (κ2) is 5.00. The second-order valence-electron chi connectivity index (χ2n) is 4.53. The van der Waals surface area contributed by atoms with Gasteiger partial charge in [-0.1, -0.05) is 30.3 Å². The normalized spacial score (nSPS) is 12.1. The van der Waals surface area contributed by atoms with Crippen LogP contribution in [-0.2, 0) is 0 Å². The Bertz CT molecular complexity index is 553. The molecule has 0 saturated heterocycles. The highest BCUT2D eigenvalue weighted by Crippen LogP contribution is 2.17. The van der Waals surface area contributed by atoms with Gasteiger partial charge < -0.3 is 4.42 Å². The van der Waals surface area contributed by atoms with Gasteiger partial charge in [0.05, 0.1) is 6.07 Å². The SMILES string of the molecule is Cc1cc(-c2ccccc2)oc(=[NH+]C(C)C)c1. The first-order valence-corrected chi connectivity index (χ1v) is 5.92.